The average Bonchev–Trinajstić information content (AvgIpc) is 3.28. The van der Waals surface area contributed by atoms with Crippen molar-refractivity contribution in [2.75, 3.05) is 0 Å². The van der Waals surface area contributed by atoms with E-state index in [0.717, 1.165) is 44.1 Å². The summed E-state index contributed by atoms with van der Waals surface area (Å²) in [6, 6.07) is 13.6. The lowest BCUT2D eigenvalue weighted by Gasteiger charge is -1.95. The fraction of sp³-hybridized carbons (Fsp3) is 0.0435. The predicted octanol–water partition coefficient (Wildman–Crippen LogP) is 3.72. The van der Waals surface area contributed by atoms with Gasteiger partial charge in [0, 0.05) is 23.3 Å². The van der Waals surface area contributed by atoms with Gasteiger partial charge in [-0.2, -0.15) is 0 Å². The van der Waals surface area contributed by atoms with Crippen molar-refractivity contribution >= 4 is 34.6 Å². The molecule has 0 saturated heterocycles. The van der Waals surface area contributed by atoms with Gasteiger partial charge in [-0.15, -0.1) is 10.2 Å². The lowest BCUT2D eigenvalue weighted by Crippen LogP contribution is -2.08. The van der Waals surface area contributed by atoms with Crippen molar-refractivity contribution < 1.29 is 5.11 Å². The molecule has 4 heterocycles. The molecule has 29 heavy (non-hydrogen) atoms. The molecular weight excluding hydrogens is 362 g/mol. The normalized spacial score (nSPS) is 13.7. The van der Waals surface area contributed by atoms with Crippen LogP contribution in [0.15, 0.2) is 71.2 Å². The highest BCUT2D eigenvalue weighted by Gasteiger charge is 2.11. The number of nitrogens with one attached hydrogen (secondary N) is 1. The maximum atomic E-state index is 10.3. The number of H-pyrrole nitrogens is 1. The van der Waals surface area contributed by atoms with Gasteiger partial charge in [0.1, 0.15) is 0 Å². The van der Waals surface area contributed by atoms with Crippen LogP contribution < -0.4 is 10.4 Å². The Hall–Kier alpha value is -4.06. The molecule has 0 fully saturated rings. The summed E-state index contributed by atoms with van der Waals surface area (Å²) in [4.78, 5) is 11.5. The highest BCUT2D eigenvalue weighted by atomic mass is 16.3. The van der Waals surface area contributed by atoms with E-state index in [0.29, 0.717) is 5.56 Å². The molecule has 6 nitrogen and oxygen atoms in total. The lowest BCUT2D eigenvalue weighted by atomic mass is 10.1. The molecule has 140 valence electrons. The second-order valence-electron chi connectivity index (χ2n) is 6.86. The van der Waals surface area contributed by atoms with Crippen molar-refractivity contribution in [3.8, 4) is 5.88 Å². The van der Waals surface area contributed by atoms with Gasteiger partial charge in [0.25, 0.3) is 0 Å². The zero-order valence-electron chi connectivity index (χ0n) is 15.7. The van der Waals surface area contributed by atoms with Gasteiger partial charge in [-0.3, -0.25) is 9.97 Å². The van der Waals surface area contributed by atoms with Gasteiger partial charge >= 0.3 is 0 Å². The van der Waals surface area contributed by atoms with Crippen molar-refractivity contribution in [1.29, 1.82) is 0 Å². The van der Waals surface area contributed by atoms with Crippen LogP contribution in [0.3, 0.4) is 0 Å². The highest BCUT2D eigenvalue weighted by molar-refractivity contribution is 5.88. The summed E-state index contributed by atoms with van der Waals surface area (Å²) >= 11 is 0. The summed E-state index contributed by atoms with van der Waals surface area (Å²) in [7, 11) is 0. The number of aromatic amines is 1. The Balaban J connectivity index is 1.57. The van der Waals surface area contributed by atoms with Crippen LogP contribution in [-0.2, 0) is 0 Å². The fourth-order valence-corrected chi connectivity index (χ4v) is 3.35. The molecule has 2 N–H and O–H groups in total. The zero-order valence-corrected chi connectivity index (χ0v) is 15.7. The summed E-state index contributed by atoms with van der Waals surface area (Å²) in [6.45, 7) is 1.93. The van der Waals surface area contributed by atoms with Gasteiger partial charge in [-0.05, 0) is 66.3 Å². The number of pyridine rings is 2. The van der Waals surface area contributed by atoms with E-state index < -0.39 is 0 Å². The van der Waals surface area contributed by atoms with Crippen LogP contribution in [0.4, 0.5) is 5.69 Å². The molecule has 0 unspecified atom stereocenters. The second kappa shape index (κ2) is 6.83. The number of hydrogen-bond donors (Lipinski definition) is 2. The predicted molar refractivity (Wildman–Crippen MR) is 113 cm³/mol. The number of rotatable bonds is 3. The number of fused-ring (bicyclic) bond motifs is 2. The molecule has 1 aliphatic heterocycles. The van der Waals surface area contributed by atoms with Gasteiger partial charge in [-0.25, -0.2) is 0 Å². The number of aromatic nitrogens is 3. The number of aromatic hydroxyl groups is 1. The molecule has 0 amide bonds. The van der Waals surface area contributed by atoms with E-state index in [1.54, 1.807) is 12.4 Å². The van der Waals surface area contributed by atoms with Gasteiger partial charge < -0.3 is 10.1 Å². The Morgan fingerprint density at radius 2 is 1.83 bits per heavy atom. The minimum Gasteiger partial charge on any atom is -0.494 e. The van der Waals surface area contributed by atoms with Crippen molar-refractivity contribution in [2.45, 2.75) is 6.92 Å². The Labute approximate surface area is 166 Å². The van der Waals surface area contributed by atoms with Crippen LogP contribution in [-0.4, -0.2) is 20.1 Å². The summed E-state index contributed by atoms with van der Waals surface area (Å²) in [6.07, 6.45) is 9.36. The number of azo groups is 1. The molecule has 6 heteroatoms. The third-order valence-electron chi connectivity index (χ3n) is 4.81. The molecule has 1 aliphatic rings. The summed E-state index contributed by atoms with van der Waals surface area (Å²) in [5.41, 5.74) is 5.79. The first-order valence-corrected chi connectivity index (χ1v) is 9.22. The van der Waals surface area contributed by atoms with E-state index in [-0.39, 0.29) is 5.88 Å². The van der Waals surface area contributed by atoms with Crippen LogP contribution in [0.1, 0.15) is 16.8 Å². The standard InChI is InChI=1S/C23H17N5O/c1-14-2-6-20-22(25-14)18(23(29)26-20)12-16-3-5-17-19(27-28-21(17)13-16)7-4-15-8-10-24-11-9-15/h2-13,26,29H,1H3/b7-4+,16-12?. The number of benzene rings is 1. The molecule has 0 spiro atoms. The van der Waals surface area contributed by atoms with Gasteiger partial charge in [0.15, 0.2) is 5.88 Å². The van der Waals surface area contributed by atoms with E-state index in [1.165, 1.54) is 0 Å². The van der Waals surface area contributed by atoms with E-state index in [1.807, 2.05) is 67.6 Å². The molecule has 0 aliphatic carbocycles. The molecule has 0 radical (unpaired) electrons. The van der Waals surface area contributed by atoms with Crippen LogP contribution >= 0.6 is 0 Å². The van der Waals surface area contributed by atoms with Crippen LogP contribution in [0.25, 0.3) is 28.9 Å². The summed E-state index contributed by atoms with van der Waals surface area (Å²) < 4.78 is 0. The van der Waals surface area contributed by atoms with E-state index in [9.17, 15) is 5.11 Å². The third-order valence-corrected chi connectivity index (χ3v) is 4.81. The average molecular weight is 379 g/mol. The number of aryl methyl sites for hydroxylation is 1. The van der Waals surface area contributed by atoms with Crippen molar-refractivity contribution in [2.24, 2.45) is 10.2 Å². The molecule has 0 saturated carbocycles. The summed E-state index contributed by atoms with van der Waals surface area (Å²) in [5, 5.41) is 20.8. The van der Waals surface area contributed by atoms with E-state index in [4.69, 9.17) is 0 Å². The first-order valence-electron chi connectivity index (χ1n) is 9.22. The first kappa shape index (κ1) is 17.1. The number of nitrogens with zero attached hydrogens (tertiary/aromatic N) is 4. The third kappa shape index (κ3) is 3.21. The number of hydrogen-bond acceptors (Lipinski definition) is 5. The van der Waals surface area contributed by atoms with Crippen molar-refractivity contribution in [3.63, 3.8) is 0 Å². The van der Waals surface area contributed by atoms with Crippen molar-refractivity contribution in [1.82, 2.24) is 15.0 Å². The van der Waals surface area contributed by atoms with Crippen LogP contribution in [0, 0.1) is 6.92 Å². The zero-order chi connectivity index (χ0) is 19.8. The fourth-order valence-electron chi connectivity index (χ4n) is 3.35. The summed E-state index contributed by atoms with van der Waals surface area (Å²) in [5.74, 6) is 0.104. The minimum atomic E-state index is 0.104. The lowest BCUT2D eigenvalue weighted by molar-refractivity contribution is 0.457. The van der Waals surface area contributed by atoms with E-state index in [2.05, 4.69) is 25.2 Å². The Morgan fingerprint density at radius 3 is 2.69 bits per heavy atom. The van der Waals surface area contributed by atoms with Crippen LogP contribution in [0.2, 0.25) is 0 Å². The molecule has 5 rings (SSSR count). The molecule has 3 aromatic heterocycles. The molecular formula is C23H17N5O. The largest absolute Gasteiger partial charge is 0.494 e. The highest BCUT2D eigenvalue weighted by Crippen LogP contribution is 2.26. The maximum Gasteiger partial charge on any atom is 0.198 e. The second-order valence-corrected chi connectivity index (χ2v) is 6.86. The molecule has 0 atom stereocenters. The smallest absolute Gasteiger partial charge is 0.198 e. The van der Waals surface area contributed by atoms with E-state index >= 15 is 0 Å². The first-order chi connectivity index (χ1) is 14.2. The van der Waals surface area contributed by atoms with Gasteiger partial charge in [-0.1, -0.05) is 12.1 Å². The quantitative estimate of drug-likeness (QED) is 0.569. The molecule has 0 bridgehead atoms. The monoisotopic (exact) mass is 379 g/mol. The van der Waals surface area contributed by atoms with Gasteiger partial charge in [0.05, 0.1) is 28.0 Å². The van der Waals surface area contributed by atoms with Gasteiger partial charge in [0.2, 0.25) is 0 Å². The maximum absolute atomic E-state index is 10.3. The Bertz CT molecular complexity index is 1420. The van der Waals surface area contributed by atoms with Crippen molar-refractivity contribution in [3.05, 3.63) is 88.2 Å². The Kier molecular flexibility index (Phi) is 4.02. The SMILES string of the molecule is Cc1ccc2[nH]c(O)c(C=c3ccc4c(c3)N=NC=4/C=C/c3ccncc3)c2n1. The topological polar surface area (TPSA) is 86.5 Å². The molecule has 4 aromatic rings. The minimum absolute atomic E-state index is 0.104. The molecule has 1 aromatic carbocycles. The Morgan fingerprint density at radius 1 is 0.966 bits per heavy atom. The van der Waals surface area contributed by atoms with Crippen LogP contribution in [0.5, 0.6) is 5.88 Å².